The van der Waals surface area contributed by atoms with Gasteiger partial charge < -0.3 is 11.1 Å². The standard InChI is InChI=1S/C10H13BrN2O.ClH/c1-7(12)5-10(14)13-9-4-2-3-8(11)6-9;/h2-4,6-7H,5,12H2,1H3,(H,13,14);1H. The van der Waals surface area contributed by atoms with Crippen molar-refractivity contribution in [1.29, 1.82) is 0 Å². The van der Waals surface area contributed by atoms with Crippen molar-refractivity contribution in [3.63, 3.8) is 0 Å². The molecule has 84 valence electrons. The van der Waals surface area contributed by atoms with Crippen LogP contribution in [-0.2, 0) is 4.79 Å². The van der Waals surface area contributed by atoms with Crippen LogP contribution in [0.5, 0.6) is 0 Å². The molecule has 5 heteroatoms. The van der Waals surface area contributed by atoms with Crippen molar-refractivity contribution < 1.29 is 4.79 Å². The van der Waals surface area contributed by atoms with Crippen molar-refractivity contribution in [2.45, 2.75) is 19.4 Å². The van der Waals surface area contributed by atoms with Gasteiger partial charge in [-0.15, -0.1) is 12.4 Å². The van der Waals surface area contributed by atoms with Crippen LogP contribution < -0.4 is 11.1 Å². The molecule has 3 nitrogen and oxygen atoms in total. The number of amides is 1. The van der Waals surface area contributed by atoms with Crippen LogP contribution in [0.15, 0.2) is 28.7 Å². The Morgan fingerprint density at radius 2 is 2.27 bits per heavy atom. The Morgan fingerprint density at radius 1 is 1.60 bits per heavy atom. The lowest BCUT2D eigenvalue weighted by molar-refractivity contribution is -0.116. The van der Waals surface area contributed by atoms with Crippen LogP contribution in [0.4, 0.5) is 5.69 Å². The van der Waals surface area contributed by atoms with E-state index >= 15 is 0 Å². The summed E-state index contributed by atoms with van der Waals surface area (Å²) < 4.78 is 0.941. The van der Waals surface area contributed by atoms with E-state index in [1.54, 1.807) is 6.92 Å². The van der Waals surface area contributed by atoms with Crippen LogP contribution >= 0.6 is 28.3 Å². The summed E-state index contributed by atoms with van der Waals surface area (Å²) in [7, 11) is 0. The molecular formula is C10H14BrClN2O. The molecule has 0 saturated heterocycles. The quantitative estimate of drug-likeness (QED) is 0.900. The Balaban J connectivity index is 0.00000196. The van der Waals surface area contributed by atoms with Gasteiger partial charge in [0.2, 0.25) is 5.91 Å². The Kier molecular flexibility index (Phi) is 6.56. The molecule has 0 aromatic heterocycles. The summed E-state index contributed by atoms with van der Waals surface area (Å²) in [6.07, 6.45) is 0.340. The molecule has 1 unspecified atom stereocenters. The molecule has 3 N–H and O–H groups in total. The fourth-order valence-electron chi connectivity index (χ4n) is 1.07. The Labute approximate surface area is 104 Å². The van der Waals surface area contributed by atoms with Crippen LogP contribution in [-0.4, -0.2) is 11.9 Å². The van der Waals surface area contributed by atoms with Crippen molar-refractivity contribution in [1.82, 2.24) is 0 Å². The molecule has 0 aliphatic rings. The van der Waals surface area contributed by atoms with Gasteiger partial charge >= 0.3 is 0 Å². The highest BCUT2D eigenvalue weighted by atomic mass is 79.9. The molecule has 0 saturated carbocycles. The van der Waals surface area contributed by atoms with Crippen LogP contribution in [0, 0.1) is 0 Å². The van der Waals surface area contributed by atoms with E-state index < -0.39 is 0 Å². The number of nitrogens with two attached hydrogens (primary N) is 1. The number of anilines is 1. The molecule has 0 radical (unpaired) electrons. The van der Waals surface area contributed by atoms with Crippen LogP contribution in [0.25, 0.3) is 0 Å². The van der Waals surface area contributed by atoms with Gasteiger partial charge in [0.1, 0.15) is 0 Å². The fourth-order valence-corrected chi connectivity index (χ4v) is 1.47. The SMILES string of the molecule is CC(N)CC(=O)Nc1cccc(Br)c1.Cl. The molecule has 1 aromatic carbocycles. The first-order chi connectivity index (χ1) is 6.58. The normalized spacial score (nSPS) is 11.4. The molecule has 1 rings (SSSR count). The fraction of sp³-hybridized carbons (Fsp3) is 0.300. The summed E-state index contributed by atoms with van der Waals surface area (Å²) in [5, 5.41) is 2.77. The topological polar surface area (TPSA) is 55.1 Å². The first-order valence-corrected chi connectivity index (χ1v) is 5.18. The van der Waals surface area contributed by atoms with Crippen molar-refractivity contribution >= 4 is 39.9 Å². The molecule has 0 bridgehead atoms. The van der Waals surface area contributed by atoms with E-state index in [9.17, 15) is 4.79 Å². The lowest BCUT2D eigenvalue weighted by atomic mass is 10.2. The molecule has 1 amide bonds. The first kappa shape index (κ1) is 14.4. The summed E-state index contributed by atoms with van der Waals surface area (Å²) >= 11 is 3.33. The van der Waals surface area contributed by atoms with Gasteiger partial charge in [-0.05, 0) is 25.1 Å². The Hall–Kier alpha value is -0.580. The minimum absolute atomic E-state index is 0. The molecule has 0 heterocycles. The van der Waals surface area contributed by atoms with E-state index in [2.05, 4.69) is 21.2 Å². The number of hydrogen-bond acceptors (Lipinski definition) is 2. The highest BCUT2D eigenvalue weighted by Crippen LogP contribution is 2.15. The van der Waals surface area contributed by atoms with E-state index in [1.807, 2.05) is 24.3 Å². The van der Waals surface area contributed by atoms with Crippen LogP contribution in [0.2, 0.25) is 0 Å². The maximum Gasteiger partial charge on any atom is 0.225 e. The lowest BCUT2D eigenvalue weighted by Gasteiger charge is -2.07. The van der Waals surface area contributed by atoms with E-state index in [-0.39, 0.29) is 24.4 Å². The third-order valence-electron chi connectivity index (χ3n) is 1.62. The first-order valence-electron chi connectivity index (χ1n) is 4.39. The maximum absolute atomic E-state index is 11.3. The maximum atomic E-state index is 11.3. The number of carbonyl (C=O) groups excluding carboxylic acids is 1. The Bertz CT molecular complexity index is 331. The van der Waals surface area contributed by atoms with Gasteiger partial charge in [-0.3, -0.25) is 4.79 Å². The summed E-state index contributed by atoms with van der Waals surface area (Å²) in [5.41, 5.74) is 6.29. The number of benzene rings is 1. The van der Waals surface area contributed by atoms with Crippen molar-refractivity contribution in [3.05, 3.63) is 28.7 Å². The molecule has 0 fully saturated rings. The van der Waals surface area contributed by atoms with E-state index in [0.717, 1.165) is 10.2 Å². The monoisotopic (exact) mass is 292 g/mol. The average Bonchev–Trinajstić information content (AvgIpc) is 2.01. The van der Waals surface area contributed by atoms with Gasteiger partial charge in [0.05, 0.1) is 0 Å². The van der Waals surface area contributed by atoms with E-state index in [1.165, 1.54) is 0 Å². The summed E-state index contributed by atoms with van der Waals surface area (Å²) in [4.78, 5) is 11.3. The third kappa shape index (κ3) is 5.77. The van der Waals surface area contributed by atoms with Crippen molar-refractivity contribution in [2.75, 3.05) is 5.32 Å². The predicted octanol–water partition coefficient (Wildman–Crippen LogP) is 2.55. The molecule has 0 spiro atoms. The molecule has 0 aliphatic heterocycles. The zero-order valence-corrected chi connectivity index (χ0v) is 10.8. The number of halogens is 2. The minimum atomic E-state index is -0.109. The predicted molar refractivity (Wildman–Crippen MR) is 68.3 cm³/mol. The zero-order valence-electron chi connectivity index (χ0n) is 8.37. The smallest absolute Gasteiger partial charge is 0.225 e. The van der Waals surface area contributed by atoms with Gasteiger partial charge in [0.15, 0.2) is 0 Å². The number of rotatable bonds is 3. The van der Waals surface area contributed by atoms with Crippen LogP contribution in [0.1, 0.15) is 13.3 Å². The minimum Gasteiger partial charge on any atom is -0.327 e. The molecular weight excluding hydrogens is 279 g/mol. The van der Waals surface area contributed by atoms with Crippen molar-refractivity contribution in [3.8, 4) is 0 Å². The Morgan fingerprint density at radius 3 is 2.80 bits per heavy atom. The van der Waals surface area contributed by atoms with Gasteiger partial charge in [-0.1, -0.05) is 22.0 Å². The second-order valence-corrected chi connectivity index (χ2v) is 4.16. The van der Waals surface area contributed by atoms with E-state index in [4.69, 9.17) is 5.73 Å². The number of carbonyl (C=O) groups is 1. The second-order valence-electron chi connectivity index (χ2n) is 3.24. The summed E-state index contributed by atoms with van der Waals surface area (Å²) in [6, 6.07) is 7.34. The van der Waals surface area contributed by atoms with Gasteiger partial charge in [-0.2, -0.15) is 0 Å². The zero-order chi connectivity index (χ0) is 10.6. The van der Waals surface area contributed by atoms with Crippen LogP contribution in [0.3, 0.4) is 0 Å². The molecule has 15 heavy (non-hydrogen) atoms. The highest BCUT2D eigenvalue weighted by molar-refractivity contribution is 9.10. The molecule has 1 atom stereocenters. The summed E-state index contributed by atoms with van der Waals surface area (Å²) in [5.74, 6) is -0.0573. The number of hydrogen-bond donors (Lipinski definition) is 2. The third-order valence-corrected chi connectivity index (χ3v) is 2.11. The lowest BCUT2D eigenvalue weighted by Crippen LogP contribution is -2.23. The van der Waals surface area contributed by atoms with Gasteiger partial charge in [0, 0.05) is 22.6 Å². The van der Waals surface area contributed by atoms with Gasteiger partial charge in [0.25, 0.3) is 0 Å². The number of nitrogens with one attached hydrogen (secondary N) is 1. The summed E-state index contributed by atoms with van der Waals surface area (Å²) in [6.45, 7) is 1.81. The average molecular weight is 294 g/mol. The van der Waals surface area contributed by atoms with Crippen molar-refractivity contribution in [2.24, 2.45) is 5.73 Å². The molecule has 0 aliphatic carbocycles. The van der Waals surface area contributed by atoms with E-state index in [0.29, 0.717) is 6.42 Å². The van der Waals surface area contributed by atoms with Gasteiger partial charge in [-0.25, -0.2) is 0 Å². The second kappa shape index (κ2) is 6.82. The largest absolute Gasteiger partial charge is 0.327 e. The molecule has 1 aromatic rings. The highest BCUT2D eigenvalue weighted by Gasteiger charge is 2.04.